The van der Waals surface area contributed by atoms with Gasteiger partial charge in [-0.25, -0.2) is 9.78 Å². The molecule has 0 aliphatic carbocycles. The number of alkyl halides is 3. The van der Waals surface area contributed by atoms with Crippen LogP contribution in [-0.2, 0) is 40.0 Å². The van der Waals surface area contributed by atoms with Gasteiger partial charge in [-0.15, -0.1) is 0 Å². The van der Waals surface area contributed by atoms with Crippen LogP contribution in [0.5, 0.6) is 0 Å². The van der Waals surface area contributed by atoms with Crippen LogP contribution in [0.15, 0.2) is 39.7 Å². The van der Waals surface area contributed by atoms with Crippen LogP contribution in [0.3, 0.4) is 0 Å². The van der Waals surface area contributed by atoms with Crippen LogP contribution >= 0.6 is 0 Å². The molecule has 1 aliphatic rings. The maximum absolute atomic E-state index is 12.4. The Kier molecular flexibility index (Phi) is 7.47. The van der Waals surface area contributed by atoms with Crippen molar-refractivity contribution in [2.75, 3.05) is 11.9 Å². The van der Waals surface area contributed by atoms with Gasteiger partial charge in [-0.2, -0.15) is 18.2 Å². The van der Waals surface area contributed by atoms with Gasteiger partial charge in [0.05, 0.1) is 18.9 Å². The second-order valence-corrected chi connectivity index (χ2v) is 8.22. The van der Waals surface area contributed by atoms with Crippen LogP contribution in [0.1, 0.15) is 53.7 Å². The number of fused-ring (bicyclic) bond motifs is 1. The number of furan rings is 1. The number of esters is 2. The SMILES string of the molecule is O=C(CC(Cc1nc(CCCc2ccc3c(n2)NCCC3)no1)c1ccoc1)OC(=O)C(F)(F)F. The Morgan fingerprint density at radius 3 is 2.80 bits per heavy atom. The molecule has 0 amide bonds. The number of halogens is 3. The quantitative estimate of drug-likeness (QED) is 0.350. The van der Waals surface area contributed by atoms with Gasteiger partial charge in [0.25, 0.3) is 0 Å². The van der Waals surface area contributed by atoms with Crippen LogP contribution in [0.2, 0.25) is 0 Å². The van der Waals surface area contributed by atoms with E-state index in [2.05, 4.69) is 31.2 Å². The van der Waals surface area contributed by atoms with Gasteiger partial charge in [0.1, 0.15) is 5.82 Å². The molecule has 1 aliphatic heterocycles. The number of ether oxygens (including phenoxy) is 1. The van der Waals surface area contributed by atoms with Crippen molar-refractivity contribution in [3.05, 3.63) is 59.3 Å². The maximum Gasteiger partial charge on any atom is 0.491 e. The number of anilines is 1. The number of aromatic nitrogens is 3. The zero-order valence-electron chi connectivity index (χ0n) is 18.6. The van der Waals surface area contributed by atoms with E-state index in [1.807, 2.05) is 6.07 Å². The molecule has 1 unspecified atom stereocenters. The van der Waals surface area contributed by atoms with Crippen molar-refractivity contribution in [1.29, 1.82) is 0 Å². The summed E-state index contributed by atoms with van der Waals surface area (Å²) in [6.45, 7) is 0.922. The molecule has 186 valence electrons. The van der Waals surface area contributed by atoms with Crippen molar-refractivity contribution in [2.24, 2.45) is 0 Å². The van der Waals surface area contributed by atoms with Gasteiger partial charge < -0.3 is 19.0 Å². The van der Waals surface area contributed by atoms with E-state index in [0.29, 0.717) is 17.8 Å². The molecule has 0 aromatic carbocycles. The first-order valence-corrected chi connectivity index (χ1v) is 11.2. The maximum atomic E-state index is 12.4. The second-order valence-electron chi connectivity index (χ2n) is 8.22. The monoisotopic (exact) mass is 492 g/mol. The number of pyridine rings is 1. The summed E-state index contributed by atoms with van der Waals surface area (Å²) in [5, 5.41) is 7.26. The van der Waals surface area contributed by atoms with Gasteiger partial charge in [-0.05, 0) is 48.9 Å². The Morgan fingerprint density at radius 2 is 2.03 bits per heavy atom. The van der Waals surface area contributed by atoms with Gasteiger partial charge in [-0.3, -0.25) is 4.79 Å². The van der Waals surface area contributed by atoms with Crippen molar-refractivity contribution in [2.45, 2.75) is 57.0 Å². The van der Waals surface area contributed by atoms with E-state index in [4.69, 9.17) is 8.94 Å². The van der Waals surface area contributed by atoms with Crippen LogP contribution in [0.25, 0.3) is 0 Å². The molecular weight excluding hydrogens is 469 g/mol. The number of hydrogen-bond acceptors (Lipinski definition) is 9. The van der Waals surface area contributed by atoms with E-state index in [-0.39, 0.29) is 12.3 Å². The number of rotatable bonds is 9. The highest BCUT2D eigenvalue weighted by Crippen LogP contribution is 2.26. The summed E-state index contributed by atoms with van der Waals surface area (Å²) >= 11 is 0. The molecule has 0 spiro atoms. The molecule has 3 aromatic rings. The van der Waals surface area contributed by atoms with Crippen molar-refractivity contribution < 1.29 is 36.4 Å². The molecule has 1 N–H and O–H groups in total. The molecule has 0 saturated heterocycles. The van der Waals surface area contributed by atoms with Crippen LogP contribution < -0.4 is 5.32 Å². The number of nitrogens with zero attached hydrogens (tertiary/aromatic N) is 3. The number of aryl methyl sites for hydroxylation is 3. The lowest BCUT2D eigenvalue weighted by molar-refractivity contribution is -0.202. The highest BCUT2D eigenvalue weighted by Gasteiger charge is 2.42. The highest BCUT2D eigenvalue weighted by molar-refractivity contribution is 5.88. The van der Waals surface area contributed by atoms with Crippen molar-refractivity contribution in [1.82, 2.24) is 15.1 Å². The minimum absolute atomic E-state index is 0.0554. The van der Waals surface area contributed by atoms with Crippen LogP contribution in [0, 0.1) is 0 Å². The Bertz CT molecular complexity index is 1160. The van der Waals surface area contributed by atoms with Gasteiger partial charge in [0, 0.05) is 31.0 Å². The molecule has 9 nitrogen and oxygen atoms in total. The number of carbonyl (C=O) groups excluding carboxylic acids is 2. The summed E-state index contributed by atoms with van der Waals surface area (Å²) in [5.41, 5.74) is 2.71. The average molecular weight is 492 g/mol. The first-order chi connectivity index (χ1) is 16.8. The third-order valence-corrected chi connectivity index (χ3v) is 5.58. The molecule has 3 aromatic heterocycles. The Morgan fingerprint density at radius 1 is 1.17 bits per heavy atom. The summed E-state index contributed by atoms with van der Waals surface area (Å²) in [4.78, 5) is 31.8. The summed E-state index contributed by atoms with van der Waals surface area (Å²) in [7, 11) is 0. The third kappa shape index (κ3) is 6.67. The summed E-state index contributed by atoms with van der Waals surface area (Å²) in [5.74, 6) is -2.93. The van der Waals surface area contributed by atoms with Crippen molar-refractivity contribution in [3.63, 3.8) is 0 Å². The lowest BCUT2D eigenvalue weighted by Crippen LogP contribution is -2.28. The van der Waals surface area contributed by atoms with Crippen LogP contribution in [-0.4, -0.2) is 39.8 Å². The molecule has 1 atom stereocenters. The van der Waals surface area contributed by atoms with Gasteiger partial charge in [0.15, 0.2) is 5.82 Å². The first-order valence-electron chi connectivity index (χ1n) is 11.2. The van der Waals surface area contributed by atoms with E-state index < -0.39 is 30.5 Å². The normalized spacial score (nSPS) is 14.1. The predicted octanol–water partition coefficient (Wildman–Crippen LogP) is 3.94. The third-order valence-electron chi connectivity index (χ3n) is 5.58. The summed E-state index contributed by atoms with van der Waals surface area (Å²) < 4.78 is 51.3. The van der Waals surface area contributed by atoms with E-state index in [9.17, 15) is 22.8 Å². The minimum Gasteiger partial charge on any atom is -0.472 e. The van der Waals surface area contributed by atoms with E-state index in [0.717, 1.165) is 43.7 Å². The van der Waals surface area contributed by atoms with Gasteiger partial charge in [0.2, 0.25) is 5.89 Å². The van der Waals surface area contributed by atoms with E-state index >= 15 is 0 Å². The first kappa shape index (κ1) is 24.4. The number of hydrogen-bond donors (Lipinski definition) is 1. The Labute approximate surface area is 198 Å². The molecule has 4 heterocycles. The lowest BCUT2D eigenvalue weighted by atomic mass is 9.95. The Hall–Kier alpha value is -3.70. The topological polar surface area (TPSA) is 120 Å². The molecule has 12 heteroatoms. The molecule has 0 radical (unpaired) electrons. The zero-order valence-corrected chi connectivity index (χ0v) is 18.6. The number of nitrogens with one attached hydrogen (secondary N) is 1. The molecular formula is C23H23F3N4O5. The number of carbonyl (C=O) groups is 2. The molecule has 35 heavy (non-hydrogen) atoms. The summed E-state index contributed by atoms with van der Waals surface area (Å²) in [6.07, 6.45) is 1.13. The van der Waals surface area contributed by atoms with E-state index in [1.54, 1.807) is 6.07 Å². The lowest BCUT2D eigenvalue weighted by Gasteiger charge is -2.17. The fourth-order valence-electron chi connectivity index (χ4n) is 3.84. The Balaban J connectivity index is 1.32. The fourth-order valence-corrected chi connectivity index (χ4v) is 3.84. The van der Waals surface area contributed by atoms with Gasteiger partial charge >= 0.3 is 18.1 Å². The standard InChI is InChI=1S/C23H23F3N4O5/c24-23(25,26)22(32)34-20(31)12-16(15-8-10-33-13-15)11-19-29-18(30-35-19)5-1-4-17-7-6-14-3-2-9-27-21(14)28-17/h6-8,10,13,16H,1-5,9,11-12H2,(H,27,28). The van der Waals surface area contributed by atoms with Gasteiger partial charge in [-0.1, -0.05) is 11.2 Å². The second kappa shape index (κ2) is 10.7. The van der Waals surface area contributed by atoms with Crippen molar-refractivity contribution in [3.8, 4) is 0 Å². The molecule has 4 rings (SSSR count). The smallest absolute Gasteiger partial charge is 0.472 e. The zero-order chi connectivity index (χ0) is 24.8. The summed E-state index contributed by atoms with van der Waals surface area (Å²) in [6, 6.07) is 5.67. The minimum atomic E-state index is -5.26. The average Bonchev–Trinajstić information content (AvgIpc) is 3.50. The van der Waals surface area contributed by atoms with E-state index in [1.165, 1.54) is 18.1 Å². The molecule has 0 bridgehead atoms. The fraction of sp³-hybridized carbons (Fsp3) is 0.435. The largest absolute Gasteiger partial charge is 0.491 e. The van der Waals surface area contributed by atoms with Crippen molar-refractivity contribution >= 4 is 17.8 Å². The molecule has 0 fully saturated rings. The predicted molar refractivity (Wildman–Crippen MR) is 114 cm³/mol. The highest BCUT2D eigenvalue weighted by atomic mass is 19.4. The molecule has 0 saturated carbocycles. The van der Waals surface area contributed by atoms with Crippen LogP contribution in [0.4, 0.5) is 19.0 Å².